The van der Waals surface area contributed by atoms with Crippen LogP contribution in [-0.2, 0) is 0 Å². The zero-order chi connectivity index (χ0) is 7.98. The molecule has 0 spiro atoms. The number of rotatable bonds is 3. The minimum absolute atomic E-state index is 0.466. The van der Waals surface area contributed by atoms with Crippen LogP contribution in [0.15, 0.2) is 10.2 Å². The topological polar surface area (TPSA) is 47.6 Å². The van der Waals surface area contributed by atoms with Gasteiger partial charge in [-0.05, 0) is 39.0 Å². The van der Waals surface area contributed by atoms with Gasteiger partial charge in [0, 0.05) is 0 Å². The van der Waals surface area contributed by atoms with Crippen molar-refractivity contribution in [2.45, 2.75) is 12.8 Å². The van der Waals surface area contributed by atoms with Gasteiger partial charge in [-0.1, -0.05) is 6.58 Å². The van der Waals surface area contributed by atoms with Crippen molar-refractivity contribution in [3.63, 3.8) is 0 Å². The third-order valence-corrected chi connectivity index (χ3v) is 1.56. The zero-order valence-electron chi connectivity index (χ0n) is 5.47. The molecule has 3 heteroatoms. The molecule has 0 aliphatic rings. The molecule has 0 heterocycles. The van der Waals surface area contributed by atoms with Crippen LogP contribution in [0.5, 0.6) is 0 Å². The number of halogens is 1. The third kappa shape index (κ3) is 4.34. The largest absolute Gasteiger partial charge is 0.197 e. The summed E-state index contributed by atoms with van der Waals surface area (Å²) in [6.45, 7) is 3.66. The minimum Gasteiger partial charge on any atom is -0.197 e. The van der Waals surface area contributed by atoms with Crippen LogP contribution in [0.4, 0.5) is 0 Å². The van der Waals surface area contributed by atoms with Crippen molar-refractivity contribution < 1.29 is 0 Å². The van der Waals surface area contributed by atoms with E-state index < -0.39 is 5.92 Å². The Morgan fingerprint density at radius 2 is 2.00 bits per heavy atom. The highest BCUT2D eigenvalue weighted by atomic mass is 127. The van der Waals surface area contributed by atoms with Gasteiger partial charge < -0.3 is 0 Å². The first-order chi connectivity index (χ1) is 4.70. The van der Waals surface area contributed by atoms with Gasteiger partial charge in [-0.25, -0.2) is 0 Å². The summed E-state index contributed by atoms with van der Waals surface area (Å²) in [6, 6.07) is 3.80. The van der Waals surface area contributed by atoms with Gasteiger partial charge in [-0.15, -0.1) is 0 Å². The monoisotopic (exact) mass is 246 g/mol. The Morgan fingerprint density at radius 3 is 2.30 bits per heavy atom. The average Bonchev–Trinajstić information content (AvgIpc) is 1.90. The molecule has 0 fully saturated rings. The van der Waals surface area contributed by atoms with Crippen LogP contribution in [0.1, 0.15) is 12.8 Å². The molecular weight excluding hydrogens is 239 g/mol. The molecule has 0 bridgehead atoms. The number of allylic oxidation sites excluding steroid dienone is 1. The van der Waals surface area contributed by atoms with E-state index in [1.807, 2.05) is 12.1 Å². The van der Waals surface area contributed by atoms with E-state index in [4.69, 9.17) is 10.5 Å². The Balaban J connectivity index is 3.61. The fourth-order valence-corrected chi connectivity index (χ4v) is 0.770. The van der Waals surface area contributed by atoms with E-state index in [2.05, 4.69) is 29.2 Å². The molecule has 0 aromatic heterocycles. The molecule has 0 aromatic carbocycles. The zero-order valence-corrected chi connectivity index (χ0v) is 7.63. The van der Waals surface area contributed by atoms with Crippen LogP contribution in [-0.4, -0.2) is 0 Å². The van der Waals surface area contributed by atoms with Gasteiger partial charge >= 0.3 is 0 Å². The lowest BCUT2D eigenvalue weighted by atomic mass is 10.1. The fourth-order valence-electron chi connectivity index (χ4n) is 0.459. The molecule has 0 amide bonds. The standard InChI is InChI=1S/C7H7IN2/c1-6(8)2-3-7(4-9)5-10/h7H,1-3H2. The SMILES string of the molecule is C=C(I)CCC(C#N)C#N. The lowest BCUT2D eigenvalue weighted by Crippen LogP contribution is -1.91. The minimum atomic E-state index is -0.466. The number of hydrogen-bond donors (Lipinski definition) is 0. The quantitative estimate of drug-likeness (QED) is 0.717. The van der Waals surface area contributed by atoms with Gasteiger partial charge in [-0.3, -0.25) is 0 Å². The normalized spacial score (nSPS) is 8.40. The van der Waals surface area contributed by atoms with E-state index in [-0.39, 0.29) is 0 Å². The maximum Gasteiger partial charge on any atom is 0.133 e. The van der Waals surface area contributed by atoms with Gasteiger partial charge in [0.25, 0.3) is 0 Å². The molecule has 0 rings (SSSR count). The first kappa shape index (κ1) is 9.45. The van der Waals surface area contributed by atoms with Gasteiger partial charge in [0.05, 0.1) is 12.1 Å². The average molecular weight is 246 g/mol. The van der Waals surface area contributed by atoms with Crippen molar-refractivity contribution >= 4 is 22.6 Å². The molecule has 0 N–H and O–H groups in total. The highest BCUT2D eigenvalue weighted by Gasteiger charge is 2.03. The van der Waals surface area contributed by atoms with Gasteiger partial charge in [-0.2, -0.15) is 10.5 Å². The number of nitrogens with zero attached hydrogens (tertiary/aromatic N) is 2. The van der Waals surface area contributed by atoms with E-state index in [9.17, 15) is 0 Å². The van der Waals surface area contributed by atoms with Crippen LogP contribution in [0.3, 0.4) is 0 Å². The van der Waals surface area contributed by atoms with Crippen LogP contribution in [0.2, 0.25) is 0 Å². The maximum atomic E-state index is 8.33. The second-order valence-corrected chi connectivity index (χ2v) is 3.39. The predicted molar refractivity (Wildman–Crippen MR) is 47.1 cm³/mol. The predicted octanol–water partition coefficient (Wildman–Crippen LogP) is 2.38. The summed E-state index contributed by atoms with van der Waals surface area (Å²) in [5.41, 5.74) is 0. The molecule has 0 saturated carbocycles. The summed E-state index contributed by atoms with van der Waals surface area (Å²) in [5.74, 6) is -0.466. The van der Waals surface area contributed by atoms with E-state index in [1.54, 1.807) is 0 Å². The van der Waals surface area contributed by atoms with Crippen molar-refractivity contribution in [2.75, 3.05) is 0 Å². The second-order valence-electron chi connectivity index (χ2n) is 1.87. The smallest absolute Gasteiger partial charge is 0.133 e. The first-order valence-corrected chi connectivity index (χ1v) is 3.91. The Morgan fingerprint density at radius 1 is 1.50 bits per heavy atom. The second kappa shape index (κ2) is 5.25. The molecule has 0 aromatic rings. The Bertz CT molecular complexity index is 183. The van der Waals surface area contributed by atoms with Crippen LogP contribution >= 0.6 is 22.6 Å². The molecule has 10 heavy (non-hydrogen) atoms. The Kier molecular flexibility index (Phi) is 4.96. The van der Waals surface area contributed by atoms with Crippen molar-refractivity contribution in [1.82, 2.24) is 0 Å². The molecule has 0 saturated heterocycles. The maximum absolute atomic E-state index is 8.33. The van der Waals surface area contributed by atoms with E-state index in [1.165, 1.54) is 0 Å². The molecule has 52 valence electrons. The molecular formula is C7H7IN2. The van der Waals surface area contributed by atoms with Crippen LogP contribution in [0, 0.1) is 28.6 Å². The lowest BCUT2D eigenvalue weighted by molar-refractivity contribution is 0.745. The fraction of sp³-hybridized carbons (Fsp3) is 0.429. The van der Waals surface area contributed by atoms with Crippen molar-refractivity contribution in [1.29, 1.82) is 10.5 Å². The van der Waals surface area contributed by atoms with Gasteiger partial charge in [0.15, 0.2) is 0 Å². The van der Waals surface area contributed by atoms with Crippen LogP contribution < -0.4 is 0 Å². The van der Waals surface area contributed by atoms with E-state index >= 15 is 0 Å². The summed E-state index contributed by atoms with van der Waals surface area (Å²) < 4.78 is 0.994. The number of hydrogen-bond acceptors (Lipinski definition) is 2. The van der Waals surface area contributed by atoms with E-state index in [0.29, 0.717) is 6.42 Å². The Hall–Kier alpha value is -0.550. The summed E-state index contributed by atoms with van der Waals surface area (Å²) in [6.07, 6.45) is 1.36. The lowest BCUT2D eigenvalue weighted by Gasteiger charge is -1.95. The highest BCUT2D eigenvalue weighted by molar-refractivity contribution is 14.1. The molecule has 0 aliphatic carbocycles. The first-order valence-electron chi connectivity index (χ1n) is 2.83. The summed E-state index contributed by atoms with van der Waals surface area (Å²) in [7, 11) is 0. The van der Waals surface area contributed by atoms with Crippen LogP contribution in [0.25, 0.3) is 0 Å². The van der Waals surface area contributed by atoms with Crippen molar-refractivity contribution in [3.8, 4) is 12.1 Å². The molecule has 0 aliphatic heterocycles. The molecule has 0 unspecified atom stereocenters. The Labute approximate surface area is 74.3 Å². The summed E-state index contributed by atoms with van der Waals surface area (Å²) >= 11 is 2.10. The summed E-state index contributed by atoms with van der Waals surface area (Å²) in [5, 5.41) is 16.7. The summed E-state index contributed by atoms with van der Waals surface area (Å²) in [4.78, 5) is 0. The highest BCUT2D eigenvalue weighted by Crippen LogP contribution is 2.14. The van der Waals surface area contributed by atoms with Crippen molar-refractivity contribution in [2.24, 2.45) is 5.92 Å². The van der Waals surface area contributed by atoms with Gasteiger partial charge in [0.1, 0.15) is 5.92 Å². The van der Waals surface area contributed by atoms with Crippen molar-refractivity contribution in [3.05, 3.63) is 10.2 Å². The third-order valence-electron chi connectivity index (χ3n) is 1.02. The van der Waals surface area contributed by atoms with E-state index in [0.717, 1.165) is 10.0 Å². The molecule has 2 nitrogen and oxygen atoms in total. The molecule has 0 radical (unpaired) electrons. The molecule has 0 atom stereocenters. The van der Waals surface area contributed by atoms with Gasteiger partial charge in [0.2, 0.25) is 0 Å². The number of nitriles is 2.